The summed E-state index contributed by atoms with van der Waals surface area (Å²) in [6, 6.07) is 3.47. The summed E-state index contributed by atoms with van der Waals surface area (Å²) in [5.41, 5.74) is 6.05. The maximum Gasteiger partial charge on any atom is 0.266 e. The summed E-state index contributed by atoms with van der Waals surface area (Å²) in [5, 5.41) is 7.74. The quantitative estimate of drug-likeness (QED) is 0.419. The van der Waals surface area contributed by atoms with Gasteiger partial charge in [-0.15, -0.1) is 0 Å². The summed E-state index contributed by atoms with van der Waals surface area (Å²) in [4.78, 5) is 24.7. The van der Waals surface area contributed by atoms with Crippen molar-refractivity contribution < 1.29 is 9.18 Å². The summed E-state index contributed by atoms with van der Waals surface area (Å²) in [6.07, 6.45) is 4.29. The number of nitrogens with two attached hydrogens (primary N) is 1. The molecule has 0 aromatic carbocycles. The summed E-state index contributed by atoms with van der Waals surface area (Å²) in [6.45, 7) is 12.1. The minimum absolute atomic E-state index is 0.0853. The zero-order valence-corrected chi connectivity index (χ0v) is 19.0. The Bertz CT molecular complexity index is 957. The molecule has 0 aliphatic carbocycles. The van der Waals surface area contributed by atoms with Crippen molar-refractivity contribution in [1.82, 2.24) is 9.88 Å². The number of thioether (sulfide) groups is 1. The van der Waals surface area contributed by atoms with Crippen LogP contribution in [0.2, 0.25) is 0 Å². The lowest BCUT2D eigenvalue weighted by molar-refractivity contribution is -0.124. The van der Waals surface area contributed by atoms with E-state index in [9.17, 15) is 4.79 Å². The third-order valence-corrected chi connectivity index (χ3v) is 6.45. The van der Waals surface area contributed by atoms with Crippen LogP contribution in [0.25, 0.3) is 0 Å². The fourth-order valence-electron chi connectivity index (χ4n) is 4.14. The highest BCUT2D eigenvalue weighted by molar-refractivity contribution is 8.18. The van der Waals surface area contributed by atoms with Gasteiger partial charge in [0.2, 0.25) is 5.95 Å². The average molecular weight is 445 g/mol. The molecular weight excluding hydrogens is 415 g/mol. The van der Waals surface area contributed by atoms with E-state index < -0.39 is 11.9 Å². The summed E-state index contributed by atoms with van der Waals surface area (Å²) < 4.78 is 15.1. The Kier molecular flexibility index (Phi) is 6.83. The van der Waals surface area contributed by atoms with Gasteiger partial charge in [-0.3, -0.25) is 14.7 Å². The molecule has 3 rings (SSSR count). The molecule has 1 unspecified atom stereocenters. The second-order valence-corrected chi connectivity index (χ2v) is 9.87. The van der Waals surface area contributed by atoms with Crippen LogP contribution in [0.3, 0.4) is 0 Å². The van der Waals surface area contributed by atoms with Crippen LogP contribution in [0, 0.1) is 22.7 Å². The molecule has 0 spiro atoms. The van der Waals surface area contributed by atoms with Gasteiger partial charge in [-0.1, -0.05) is 39.1 Å². The van der Waals surface area contributed by atoms with Gasteiger partial charge >= 0.3 is 0 Å². The largest absolute Gasteiger partial charge is 0.403 e. The maximum atomic E-state index is 15.1. The highest BCUT2D eigenvalue weighted by Crippen LogP contribution is 2.34. The monoisotopic (exact) mass is 444 g/mol. The number of rotatable bonds is 4. The molecule has 166 valence electrons. The van der Waals surface area contributed by atoms with Crippen LogP contribution in [-0.2, 0) is 4.79 Å². The summed E-state index contributed by atoms with van der Waals surface area (Å²) in [7, 11) is 0. The van der Waals surface area contributed by atoms with E-state index in [4.69, 9.17) is 11.1 Å². The summed E-state index contributed by atoms with van der Waals surface area (Å²) >= 11 is 0.997. The second-order valence-electron chi connectivity index (χ2n) is 8.79. The van der Waals surface area contributed by atoms with Crippen molar-refractivity contribution in [1.29, 1.82) is 5.41 Å². The normalized spacial score (nSPS) is 22.6. The molecule has 1 aromatic heterocycles. The predicted molar refractivity (Wildman–Crippen MR) is 125 cm³/mol. The first-order valence-corrected chi connectivity index (χ1v) is 11.0. The first-order chi connectivity index (χ1) is 14.6. The molecule has 1 aromatic rings. The molecule has 2 aliphatic heterocycles. The number of amides is 1. The van der Waals surface area contributed by atoms with Gasteiger partial charge in [0, 0.05) is 25.5 Å². The SMILES string of the molecule is C=C1SC(c2ccc(N3CCC(C)CC(C)(C)C3)nc2F)=NCN(/C(C=N)=C/N)C1=O. The summed E-state index contributed by atoms with van der Waals surface area (Å²) in [5.74, 6) is 0.168. The van der Waals surface area contributed by atoms with Gasteiger partial charge in [0.05, 0.1) is 16.2 Å². The van der Waals surface area contributed by atoms with Crippen molar-refractivity contribution >= 4 is 34.7 Å². The molecule has 2 aliphatic rings. The van der Waals surface area contributed by atoms with E-state index in [2.05, 4.69) is 42.2 Å². The Labute approximate surface area is 186 Å². The smallest absolute Gasteiger partial charge is 0.266 e. The van der Waals surface area contributed by atoms with Crippen LogP contribution < -0.4 is 10.6 Å². The lowest BCUT2D eigenvalue weighted by Gasteiger charge is -2.30. The van der Waals surface area contributed by atoms with Crippen molar-refractivity contribution in [3.8, 4) is 0 Å². The number of carbonyl (C=O) groups is 1. The first kappa shape index (κ1) is 23.0. The predicted octanol–water partition coefficient (Wildman–Crippen LogP) is 3.73. The Morgan fingerprint density at radius 1 is 1.45 bits per heavy atom. The molecule has 9 heteroatoms. The topological polar surface area (TPSA) is 98.7 Å². The molecule has 0 bridgehead atoms. The highest BCUT2D eigenvalue weighted by atomic mass is 32.2. The molecule has 31 heavy (non-hydrogen) atoms. The number of halogens is 1. The number of allylic oxidation sites excluding steroid dienone is 1. The molecule has 7 nitrogen and oxygen atoms in total. The van der Waals surface area contributed by atoms with Crippen LogP contribution in [0.4, 0.5) is 10.2 Å². The van der Waals surface area contributed by atoms with E-state index in [0.717, 1.165) is 50.1 Å². The minimum Gasteiger partial charge on any atom is -0.403 e. The fourth-order valence-corrected chi connectivity index (χ4v) is 4.95. The number of nitrogens with one attached hydrogen (secondary N) is 1. The number of carbonyl (C=O) groups excluding carboxylic acids is 1. The van der Waals surface area contributed by atoms with Gasteiger partial charge in [0.1, 0.15) is 17.5 Å². The van der Waals surface area contributed by atoms with Gasteiger partial charge in [0.25, 0.3) is 5.91 Å². The Morgan fingerprint density at radius 3 is 2.84 bits per heavy atom. The van der Waals surface area contributed by atoms with Gasteiger partial charge in [-0.2, -0.15) is 4.39 Å². The van der Waals surface area contributed by atoms with Gasteiger partial charge in [-0.25, -0.2) is 4.98 Å². The highest BCUT2D eigenvalue weighted by Gasteiger charge is 2.30. The third-order valence-electron chi connectivity index (χ3n) is 5.49. The van der Waals surface area contributed by atoms with E-state index in [1.165, 1.54) is 4.90 Å². The molecule has 1 fully saturated rings. The molecule has 1 amide bonds. The number of hydrogen-bond acceptors (Lipinski definition) is 7. The molecule has 0 saturated carbocycles. The fraction of sp³-hybridized carbons (Fsp3) is 0.455. The van der Waals surface area contributed by atoms with Gasteiger partial charge in [0.15, 0.2) is 0 Å². The molecule has 3 N–H and O–H groups in total. The number of nitrogens with zero attached hydrogens (tertiary/aromatic N) is 4. The minimum atomic E-state index is -0.630. The van der Waals surface area contributed by atoms with Crippen LogP contribution >= 0.6 is 11.8 Å². The van der Waals surface area contributed by atoms with Crippen molar-refractivity contribution in [2.75, 3.05) is 24.7 Å². The van der Waals surface area contributed by atoms with Crippen LogP contribution in [0.15, 0.2) is 40.5 Å². The van der Waals surface area contributed by atoms with Crippen molar-refractivity contribution in [2.24, 2.45) is 22.1 Å². The molecule has 0 radical (unpaired) electrons. The number of pyridine rings is 1. The Hall–Kier alpha value is -2.68. The molecule has 1 atom stereocenters. The van der Waals surface area contributed by atoms with E-state index in [-0.39, 0.29) is 28.2 Å². The van der Waals surface area contributed by atoms with Crippen molar-refractivity contribution in [3.63, 3.8) is 0 Å². The van der Waals surface area contributed by atoms with E-state index >= 15 is 4.39 Å². The maximum absolute atomic E-state index is 15.1. The Morgan fingerprint density at radius 2 is 2.19 bits per heavy atom. The van der Waals surface area contributed by atoms with E-state index in [1.807, 2.05) is 6.07 Å². The molecule has 1 saturated heterocycles. The second kappa shape index (κ2) is 9.21. The Balaban J connectivity index is 1.88. The van der Waals surface area contributed by atoms with Gasteiger partial charge < -0.3 is 16.0 Å². The van der Waals surface area contributed by atoms with Crippen LogP contribution in [0.5, 0.6) is 0 Å². The van der Waals surface area contributed by atoms with Crippen molar-refractivity contribution in [3.05, 3.63) is 47.0 Å². The zero-order valence-electron chi connectivity index (χ0n) is 18.2. The number of aliphatic imine (C=N–C) groups is 1. The molecule has 3 heterocycles. The lowest BCUT2D eigenvalue weighted by Crippen LogP contribution is -2.33. The van der Waals surface area contributed by atoms with Crippen LogP contribution in [0.1, 0.15) is 39.2 Å². The van der Waals surface area contributed by atoms with Crippen LogP contribution in [-0.4, -0.2) is 46.8 Å². The first-order valence-electron chi connectivity index (χ1n) is 10.2. The number of anilines is 1. The standard InChI is InChI=1S/C22H29FN6OS/c1-14-7-8-28(12-22(3,4)9-14)18-6-5-17(19(23)27-18)20-26-13-29(16(10-24)11-25)21(30)15(2)31-20/h5-6,10-11,14,24H,2,7-9,12-13,25H2,1,3-4H3/b16-11+,24-10?. The zero-order chi connectivity index (χ0) is 22.8. The number of aromatic nitrogens is 1. The van der Waals surface area contributed by atoms with Crippen molar-refractivity contribution in [2.45, 2.75) is 33.6 Å². The third kappa shape index (κ3) is 5.15. The van der Waals surface area contributed by atoms with E-state index in [0.29, 0.717) is 16.8 Å². The number of hydrogen-bond donors (Lipinski definition) is 2. The average Bonchev–Trinajstić information content (AvgIpc) is 2.94. The lowest BCUT2D eigenvalue weighted by atomic mass is 9.83. The molecular formula is C22H29FN6OS. The van der Waals surface area contributed by atoms with Gasteiger partial charge in [-0.05, 0) is 36.3 Å². The van der Waals surface area contributed by atoms with E-state index in [1.54, 1.807) is 6.07 Å².